The van der Waals surface area contributed by atoms with Crippen LogP contribution < -0.4 is 0 Å². The first kappa shape index (κ1) is 16.3. The van der Waals surface area contributed by atoms with Gasteiger partial charge in [0.05, 0.1) is 64.1 Å². The molecule has 0 aromatic rings. The maximum atomic E-state index is 6.39. The van der Waals surface area contributed by atoms with E-state index in [0.29, 0.717) is 52.9 Å². The van der Waals surface area contributed by atoms with Crippen molar-refractivity contribution >= 4 is 0 Å². The van der Waals surface area contributed by atoms with Crippen molar-refractivity contribution in [1.29, 1.82) is 0 Å². The molecule has 4 aliphatic carbocycles. The normalized spacial score (nSPS) is 45.9. The molecule has 2 spiro atoms. The summed E-state index contributed by atoms with van der Waals surface area (Å²) in [5.74, 6) is 1.57. The van der Waals surface area contributed by atoms with Crippen LogP contribution in [0.3, 0.4) is 0 Å². The molecule has 0 unspecified atom stereocenters. The lowest BCUT2D eigenvalue weighted by Gasteiger charge is -2.61. The molecule has 5 aliphatic rings. The second-order valence-corrected chi connectivity index (χ2v) is 7.86. The fraction of sp³-hybridized carbons (Fsp3) is 1.00. The van der Waals surface area contributed by atoms with Crippen LogP contribution in [0.1, 0.15) is 38.5 Å². The molecule has 0 N–H and O–H groups in total. The molecule has 4 bridgehead atoms. The zero-order valence-electron chi connectivity index (χ0n) is 14.1. The summed E-state index contributed by atoms with van der Waals surface area (Å²) < 4.78 is 29.5. The summed E-state index contributed by atoms with van der Waals surface area (Å²) in [6.07, 6.45) is 7.31. The van der Waals surface area contributed by atoms with Gasteiger partial charge >= 0.3 is 0 Å². The Morgan fingerprint density at radius 2 is 0.913 bits per heavy atom. The Kier molecular flexibility index (Phi) is 4.93. The summed E-state index contributed by atoms with van der Waals surface area (Å²) in [5.41, 5.74) is 0.0870. The van der Waals surface area contributed by atoms with Gasteiger partial charge in [0.2, 0.25) is 0 Å². The van der Waals surface area contributed by atoms with Gasteiger partial charge in [-0.25, -0.2) is 0 Å². The van der Waals surface area contributed by atoms with E-state index in [0.717, 1.165) is 18.3 Å². The Bertz CT molecular complexity index is 353. The van der Waals surface area contributed by atoms with E-state index in [9.17, 15) is 0 Å². The third kappa shape index (κ3) is 3.74. The van der Waals surface area contributed by atoms with Crippen molar-refractivity contribution in [3.63, 3.8) is 0 Å². The van der Waals surface area contributed by atoms with Crippen LogP contribution in [-0.4, -0.2) is 64.1 Å². The molecular formula is C18H30O5. The summed E-state index contributed by atoms with van der Waals surface area (Å²) in [4.78, 5) is 0. The fourth-order valence-electron chi connectivity index (χ4n) is 5.61. The first-order valence-electron chi connectivity index (χ1n) is 9.29. The van der Waals surface area contributed by atoms with E-state index in [1.807, 2.05) is 0 Å². The van der Waals surface area contributed by atoms with Gasteiger partial charge in [0.1, 0.15) is 0 Å². The first-order chi connectivity index (χ1) is 11.3. The van der Waals surface area contributed by atoms with E-state index in [4.69, 9.17) is 23.7 Å². The Labute approximate surface area is 138 Å². The minimum Gasteiger partial charge on any atom is -0.377 e. The first-order valence-corrected chi connectivity index (χ1v) is 9.29. The summed E-state index contributed by atoms with van der Waals surface area (Å²) >= 11 is 0. The molecule has 5 fully saturated rings. The second-order valence-electron chi connectivity index (χ2n) is 7.86. The van der Waals surface area contributed by atoms with Gasteiger partial charge in [0, 0.05) is 6.42 Å². The zero-order chi connectivity index (χ0) is 15.6. The summed E-state index contributed by atoms with van der Waals surface area (Å²) in [6, 6.07) is 0. The molecule has 0 radical (unpaired) electrons. The molecule has 5 heteroatoms. The highest BCUT2D eigenvalue weighted by molar-refractivity contribution is 5.10. The monoisotopic (exact) mass is 326 g/mol. The molecule has 0 aromatic heterocycles. The predicted molar refractivity (Wildman–Crippen MR) is 84.5 cm³/mol. The molecule has 1 aliphatic heterocycles. The highest BCUT2D eigenvalue weighted by Gasteiger charge is 2.59. The highest BCUT2D eigenvalue weighted by atomic mass is 16.6. The van der Waals surface area contributed by atoms with Crippen molar-refractivity contribution in [2.24, 2.45) is 11.8 Å². The number of ether oxygens (including phenoxy) is 5. The van der Waals surface area contributed by atoms with Crippen LogP contribution in [0.5, 0.6) is 0 Å². The summed E-state index contributed by atoms with van der Waals surface area (Å²) in [7, 11) is 0. The van der Waals surface area contributed by atoms with Gasteiger partial charge in [-0.2, -0.15) is 0 Å². The molecule has 1 heterocycles. The molecule has 1 saturated heterocycles. The standard InChI is InChI=1S/C18H30O5/c1-3-20-5-7-22-17-10-15-9-16(11-17)13-18(12-15,14-17)23-8-6-21-4-2-19-1/h15-16H,1-14H2. The summed E-state index contributed by atoms with van der Waals surface area (Å²) in [6.45, 7) is 5.21. The second kappa shape index (κ2) is 6.96. The van der Waals surface area contributed by atoms with Crippen molar-refractivity contribution in [3.8, 4) is 0 Å². The van der Waals surface area contributed by atoms with E-state index in [1.54, 1.807) is 0 Å². The van der Waals surface area contributed by atoms with Gasteiger partial charge in [0.15, 0.2) is 0 Å². The van der Waals surface area contributed by atoms with Gasteiger partial charge in [-0.15, -0.1) is 0 Å². The van der Waals surface area contributed by atoms with E-state index < -0.39 is 0 Å². The van der Waals surface area contributed by atoms with Gasteiger partial charge in [0.25, 0.3) is 0 Å². The summed E-state index contributed by atoms with van der Waals surface area (Å²) in [5, 5.41) is 0. The minimum atomic E-state index is 0.0435. The maximum Gasteiger partial charge on any atom is 0.0716 e. The largest absolute Gasteiger partial charge is 0.377 e. The number of hydrogen-bond donors (Lipinski definition) is 0. The van der Waals surface area contributed by atoms with E-state index in [2.05, 4.69) is 0 Å². The van der Waals surface area contributed by atoms with Crippen LogP contribution in [0.2, 0.25) is 0 Å². The van der Waals surface area contributed by atoms with Crippen molar-refractivity contribution < 1.29 is 23.7 Å². The topological polar surface area (TPSA) is 46.2 Å². The molecule has 4 saturated carbocycles. The van der Waals surface area contributed by atoms with Gasteiger partial charge < -0.3 is 23.7 Å². The van der Waals surface area contributed by atoms with Crippen molar-refractivity contribution in [2.45, 2.75) is 49.7 Å². The van der Waals surface area contributed by atoms with Crippen molar-refractivity contribution in [2.75, 3.05) is 52.9 Å². The van der Waals surface area contributed by atoms with Crippen LogP contribution in [-0.2, 0) is 23.7 Å². The highest BCUT2D eigenvalue weighted by Crippen LogP contribution is 2.60. The zero-order valence-corrected chi connectivity index (χ0v) is 14.1. The van der Waals surface area contributed by atoms with Crippen LogP contribution in [0.4, 0.5) is 0 Å². The predicted octanol–water partition coefficient (Wildman–Crippen LogP) is 2.17. The lowest BCUT2D eigenvalue weighted by atomic mass is 9.52. The van der Waals surface area contributed by atoms with E-state index >= 15 is 0 Å². The molecule has 132 valence electrons. The third-order valence-electron chi connectivity index (χ3n) is 5.97. The lowest BCUT2D eigenvalue weighted by Crippen LogP contribution is -2.61. The van der Waals surface area contributed by atoms with Gasteiger partial charge in [-0.05, 0) is 43.9 Å². The third-order valence-corrected chi connectivity index (χ3v) is 5.97. The number of hydrogen-bond acceptors (Lipinski definition) is 5. The van der Waals surface area contributed by atoms with Gasteiger partial charge in [-0.3, -0.25) is 0 Å². The maximum absolute atomic E-state index is 6.39. The Balaban J connectivity index is 1.42. The fourth-order valence-corrected chi connectivity index (χ4v) is 5.61. The van der Waals surface area contributed by atoms with E-state index in [-0.39, 0.29) is 11.2 Å². The minimum absolute atomic E-state index is 0.0435. The number of rotatable bonds is 0. The molecule has 0 atom stereocenters. The van der Waals surface area contributed by atoms with Crippen molar-refractivity contribution in [1.82, 2.24) is 0 Å². The molecule has 5 nitrogen and oxygen atoms in total. The molecule has 0 amide bonds. The Morgan fingerprint density at radius 1 is 0.522 bits per heavy atom. The van der Waals surface area contributed by atoms with Gasteiger partial charge in [-0.1, -0.05) is 0 Å². The van der Waals surface area contributed by atoms with Crippen LogP contribution in [0, 0.1) is 11.8 Å². The van der Waals surface area contributed by atoms with Crippen molar-refractivity contribution in [3.05, 3.63) is 0 Å². The Morgan fingerprint density at radius 3 is 1.35 bits per heavy atom. The van der Waals surface area contributed by atoms with Crippen LogP contribution in [0.15, 0.2) is 0 Å². The average molecular weight is 326 g/mol. The van der Waals surface area contributed by atoms with Crippen LogP contribution >= 0.6 is 0 Å². The van der Waals surface area contributed by atoms with Crippen LogP contribution in [0.25, 0.3) is 0 Å². The van der Waals surface area contributed by atoms with E-state index in [1.165, 1.54) is 32.1 Å². The average Bonchev–Trinajstić information content (AvgIpc) is 2.49. The smallest absolute Gasteiger partial charge is 0.0716 e. The quantitative estimate of drug-likeness (QED) is 0.683. The molecule has 23 heavy (non-hydrogen) atoms. The molecule has 5 rings (SSSR count). The molecular weight excluding hydrogens is 296 g/mol. The molecule has 0 aromatic carbocycles. The SMILES string of the molecule is C1COCCOC23CC4CC(C2)CC(C4)(C3)OCCOCCO1. The lowest BCUT2D eigenvalue weighted by molar-refractivity contribution is -0.242. The Hall–Kier alpha value is -0.200.